The van der Waals surface area contributed by atoms with Gasteiger partial charge in [-0.15, -0.1) is 3.89 Å². The van der Waals surface area contributed by atoms with Gasteiger partial charge in [-0.25, -0.2) is 4.79 Å². The van der Waals surface area contributed by atoms with Crippen LogP contribution in [0.4, 0.5) is 9.57 Å². The van der Waals surface area contributed by atoms with E-state index in [0.29, 0.717) is 10.2 Å². The summed E-state index contributed by atoms with van der Waals surface area (Å²) in [6.45, 7) is 0.0353. The number of hydrogen-bond donors (Lipinski definition) is 0. The molecule has 9 heteroatoms. The summed E-state index contributed by atoms with van der Waals surface area (Å²) in [4.78, 5) is 25.2. The van der Waals surface area contributed by atoms with Gasteiger partial charge >= 0.3 is 16.2 Å². The second kappa shape index (κ2) is 6.33. The number of carbonyl (C=O) groups is 2. The number of anilines is 1. The molecule has 2 rings (SSSR count). The number of benzene rings is 1. The monoisotopic (exact) mass is 393 g/mol. The van der Waals surface area contributed by atoms with Crippen LogP contribution >= 0.6 is 15.9 Å². The summed E-state index contributed by atoms with van der Waals surface area (Å²) in [5.74, 6) is -2.33. The Balaban J connectivity index is 2.32. The highest BCUT2D eigenvalue weighted by molar-refractivity contribution is 9.10. The number of nitrogens with zero attached hydrogens (tertiary/aromatic N) is 1. The van der Waals surface area contributed by atoms with Gasteiger partial charge in [0.1, 0.15) is 0 Å². The molecule has 22 heavy (non-hydrogen) atoms. The van der Waals surface area contributed by atoms with Gasteiger partial charge in [0.05, 0.1) is 24.1 Å². The molecule has 1 aromatic rings. The Morgan fingerprint density at radius 3 is 2.77 bits per heavy atom. The molecule has 1 atom stereocenters. The van der Waals surface area contributed by atoms with E-state index in [9.17, 15) is 21.9 Å². The van der Waals surface area contributed by atoms with Crippen molar-refractivity contribution in [2.45, 2.75) is 6.42 Å². The molecule has 1 aliphatic heterocycles. The summed E-state index contributed by atoms with van der Waals surface area (Å²) in [6, 6.07) is 4.71. The lowest BCUT2D eigenvalue weighted by Crippen LogP contribution is -2.27. The third kappa shape index (κ3) is 3.83. The number of halogens is 2. The number of rotatable bonds is 4. The van der Waals surface area contributed by atoms with Gasteiger partial charge in [-0.2, -0.15) is 8.42 Å². The number of amides is 1. The topological polar surface area (TPSA) is 80.8 Å². The molecule has 120 valence electrons. The minimum absolute atomic E-state index is 0.0353. The SMILES string of the molecule is COC(=O)c1cc(Br)ccc1N1CC(CS(=O)(=O)F)CC1=O. The van der Waals surface area contributed by atoms with E-state index in [2.05, 4.69) is 20.7 Å². The van der Waals surface area contributed by atoms with Crippen LogP contribution in [0, 0.1) is 5.92 Å². The molecule has 0 spiro atoms. The van der Waals surface area contributed by atoms with Crippen molar-refractivity contribution in [3.63, 3.8) is 0 Å². The molecule has 1 unspecified atom stereocenters. The third-order valence-electron chi connectivity index (χ3n) is 3.29. The predicted octanol–water partition coefficient (Wildman–Crippen LogP) is 1.89. The largest absolute Gasteiger partial charge is 0.465 e. The highest BCUT2D eigenvalue weighted by Crippen LogP contribution is 2.31. The minimum Gasteiger partial charge on any atom is -0.465 e. The van der Waals surface area contributed by atoms with E-state index in [1.165, 1.54) is 18.1 Å². The summed E-state index contributed by atoms with van der Waals surface area (Å²) < 4.78 is 39.5. The van der Waals surface area contributed by atoms with Gasteiger partial charge in [0.2, 0.25) is 5.91 Å². The summed E-state index contributed by atoms with van der Waals surface area (Å²) in [5, 5.41) is 0. The molecule has 1 fully saturated rings. The van der Waals surface area contributed by atoms with Gasteiger partial charge in [-0.05, 0) is 18.2 Å². The second-order valence-electron chi connectivity index (χ2n) is 4.93. The van der Waals surface area contributed by atoms with Crippen LogP contribution in [0.1, 0.15) is 16.8 Å². The Morgan fingerprint density at radius 1 is 1.50 bits per heavy atom. The molecule has 0 N–H and O–H groups in total. The maximum Gasteiger partial charge on any atom is 0.340 e. The fraction of sp³-hybridized carbons (Fsp3) is 0.385. The van der Waals surface area contributed by atoms with Crippen molar-refractivity contribution in [2.75, 3.05) is 24.3 Å². The van der Waals surface area contributed by atoms with Crippen LogP contribution in [-0.2, 0) is 19.8 Å². The molecule has 0 aromatic heterocycles. The van der Waals surface area contributed by atoms with Crippen molar-refractivity contribution in [2.24, 2.45) is 5.92 Å². The average molecular weight is 394 g/mol. The standard InChI is InChI=1S/C13H13BrFNO5S/c1-21-13(18)10-5-9(14)2-3-11(10)16-6-8(4-12(16)17)7-22(15,19)20/h2-3,5,8H,4,6-7H2,1H3. The smallest absolute Gasteiger partial charge is 0.340 e. The van der Waals surface area contributed by atoms with Gasteiger partial charge in [0.25, 0.3) is 0 Å². The Morgan fingerprint density at radius 2 is 2.18 bits per heavy atom. The van der Waals surface area contributed by atoms with Crippen LogP contribution < -0.4 is 4.90 Å². The molecule has 0 aliphatic carbocycles. The molecule has 0 bridgehead atoms. The zero-order chi connectivity index (χ0) is 16.5. The molecule has 1 amide bonds. The Hall–Kier alpha value is -1.48. The molecule has 1 saturated heterocycles. The van der Waals surface area contributed by atoms with Gasteiger partial charge in [0, 0.05) is 23.4 Å². The van der Waals surface area contributed by atoms with Crippen LogP contribution in [0.25, 0.3) is 0 Å². The Labute approximate surface area is 135 Å². The first-order chi connectivity index (χ1) is 10.2. The number of esters is 1. The number of methoxy groups -OCH3 is 1. The Kier molecular flexibility index (Phi) is 4.86. The third-order valence-corrected chi connectivity index (χ3v) is 4.66. The van der Waals surface area contributed by atoms with E-state index in [-0.39, 0.29) is 24.4 Å². The van der Waals surface area contributed by atoms with Crippen molar-refractivity contribution >= 4 is 43.7 Å². The molecule has 0 radical (unpaired) electrons. The van der Waals surface area contributed by atoms with E-state index in [4.69, 9.17) is 0 Å². The molecule has 1 aromatic carbocycles. The maximum atomic E-state index is 12.8. The second-order valence-corrected chi connectivity index (χ2v) is 7.26. The normalized spacial score (nSPS) is 18.6. The van der Waals surface area contributed by atoms with Gasteiger partial charge in [0.15, 0.2) is 0 Å². The number of carbonyl (C=O) groups excluding carboxylic acids is 2. The van der Waals surface area contributed by atoms with Crippen molar-refractivity contribution in [1.29, 1.82) is 0 Å². The molecule has 1 heterocycles. The lowest BCUT2D eigenvalue weighted by molar-refractivity contribution is -0.117. The lowest BCUT2D eigenvalue weighted by atomic mass is 10.1. The zero-order valence-electron chi connectivity index (χ0n) is 11.6. The van der Waals surface area contributed by atoms with Crippen LogP contribution in [0.15, 0.2) is 22.7 Å². The van der Waals surface area contributed by atoms with Crippen molar-refractivity contribution in [3.8, 4) is 0 Å². The first kappa shape index (κ1) is 16.9. The highest BCUT2D eigenvalue weighted by Gasteiger charge is 2.35. The van der Waals surface area contributed by atoms with E-state index in [1.807, 2.05) is 0 Å². The minimum atomic E-state index is -4.65. The lowest BCUT2D eigenvalue weighted by Gasteiger charge is -2.19. The van der Waals surface area contributed by atoms with Crippen LogP contribution in [0.2, 0.25) is 0 Å². The van der Waals surface area contributed by atoms with Crippen molar-refractivity contribution in [3.05, 3.63) is 28.2 Å². The Bertz CT molecular complexity index is 721. The van der Waals surface area contributed by atoms with Crippen LogP contribution in [0.3, 0.4) is 0 Å². The average Bonchev–Trinajstić information content (AvgIpc) is 2.76. The van der Waals surface area contributed by atoms with Gasteiger partial charge in [-0.3, -0.25) is 4.79 Å². The van der Waals surface area contributed by atoms with Crippen LogP contribution in [-0.4, -0.2) is 39.7 Å². The highest BCUT2D eigenvalue weighted by atomic mass is 79.9. The summed E-state index contributed by atoms with van der Waals surface area (Å²) in [7, 11) is -3.43. The molecule has 0 saturated carbocycles. The van der Waals surface area contributed by atoms with Crippen LogP contribution in [0.5, 0.6) is 0 Å². The summed E-state index contributed by atoms with van der Waals surface area (Å²) in [6.07, 6.45) is -0.0835. The fourth-order valence-corrected chi connectivity index (χ4v) is 3.57. The summed E-state index contributed by atoms with van der Waals surface area (Å²) in [5.41, 5.74) is 0.493. The molecular weight excluding hydrogens is 381 g/mol. The number of hydrogen-bond acceptors (Lipinski definition) is 5. The van der Waals surface area contributed by atoms with E-state index < -0.39 is 27.9 Å². The van der Waals surface area contributed by atoms with Crippen molar-refractivity contribution < 1.29 is 26.6 Å². The number of ether oxygens (including phenoxy) is 1. The zero-order valence-corrected chi connectivity index (χ0v) is 14.0. The fourth-order valence-electron chi connectivity index (χ4n) is 2.42. The van der Waals surface area contributed by atoms with E-state index in [1.54, 1.807) is 12.1 Å². The van der Waals surface area contributed by atoms with E-state index in [0.717, 1.165) is 0 Å². The maximum absolute atomic E-state index is 12.8. The van der Waals surface area contributed by atoms with Gasteiger partial charge < -0.3 is 9.64 Å². The first-order valence-electron chi connectivity index (χ1n) is 6.32. The molecular formula is C13H13BrFNO5S. The first-order valence-corrected chi connectivity index (χ1v) is 8.66. The van der Waals surface area contributed by atoms with Crippen molar-refractivity contribution in [1.82, 2.24) is 0 Å². The quantitative estimate of drug-likeness (QED) is 0.576. The van der Waals surface area contributed by atoms with E-state index >= 15 is 0 Å². The summed E-state index contributed by atoms with van der Waals surface area (Å²) >= 11 is 3.23. The molecule has 6 nitrogen and oxygen atoms in total. The molecule has 1 aliphatic rings. The van der Waals surface area contributed by atoms with Gasteiger partial charge in [-0.1, -0.05) is 15.9 Å². The predicted molar refractivity (Wildman–Crippen MR) is 80.8 cm³/mol.